The molecule has 0 saturated carbocycles. The minimum atomic E-state index is -1.33. The summed E-state index contributed by atoms with van der Waals surface area (Å²) >= 11 is 0. The number of hydrogen-bond donors (Lipinski definition) is 0. The number of ether oxygens (including phenoxy) is 4. The molecular weight excluding hydrogens is 530 g/mol. The van der Waals surface area contributed by atoms with Gasteiger partial charge >= 0.3 is 23.6 Å². The van der Waals surface area contributed by atoms with Gasteiger partial charge in [-0.3, -0.25) is 4.57 Å². The van der Waals surface area contributed by atoms with E-state index in [2.05, 4.69) is 9.97 Å². The molecule has 11 heteroatoms. The number of aromatic nitrogens is 3. The van der Waals surface area contributed by atoms with Crippen LogP contribution >= 0.6 is 0 Å². The van der Waals surface area contributed by atoms with Crippen LogP contribution in [0, 0.1) is 6.92 Å². The second-order valence-electron chi connectivity index (χ2n) is 9.09. The summed E-state index contributed by atoms with van der Waals surface area (Å²) in [5.41, 5.74) is 0.0409. The normalized spacial score (nSPS) is 19.7. The molecular formula is C30H25N3O8. The summed E-state index contributed by atoms with van der Waals surface area (Å²) in [5, 5.41) is 0. The van der Waals surface area contributed by atoms with Crippen LogP contribution in [0.25, 0.3) is 0 Å². The fourth-order valence-corrected chi connectivity index (χ4v) is 4.28. The minimum absolute atomic E-state index is 0.225. The van der Waals surface area contributed by atoms with Crippen molar-refractivity contribution in [1.29, 1.82) is 0 Å². The SMILES string of the molecule is Cc1ncn([C@@H]2O[C@H](COC(=O)c3ccccc3)[C@H](OC(=O)c3ccccc3)C2OC(=O)c2ccccc2)c(=O)n1. The van der Waals surface area contributed by atoms with Gasteiger partial charge in [-0.05, 0) is 43.3 Å². The maximum absolute atomic E-state index is 13.2. The van der Waals surface area contributed by atoms with Gasteiger partial charge < -0.3 is 18.9 Å². The van der Waals surface area contributed by atoms with Crippen LogP contribution in [-0.2, 0) is 18.9 Å². The number of esters is 3. The van der Waals surface area contributed by atoms with E-state index in [1.165, 1.54) is 6.33 Å². The van der Waals surface area contributed by atoms with Crippen LogP contribution in [0.4, 0.5) is 0 Å². The Bertz CT molecular complexity index is 1580. The zero-order valence-electron chi connectivity index (χ0n) is 21.9. The monoisotopic (exact) mass is 555 g/mol. The van der Waals surface area contributed by atoms with Crippen molar-refractivity contribution < 1.29 is 33.3 Å². The first kappa shape index (κ1) is 27.4. The Balaban J connectivity index is 1.49. The first-order valence-corrected chi connectivity index (χ1v) is 12.7. The van der Waals surface area contributed by atoms with E-state index in [0.29, 0.717) is 5.56 Å². The van der Waals surface area contributed by atoms with Gasteiger partial charge in [0.15, 0.2) is 18.4 Å². The summed E-state index contributed by atoms with van der Waals surface area (Å²) in [6.45, 7) is 1.17. The molecule has 5 rings (SSSR count). The Hall–Kier alpha value is -5.16. The van der Waals surface area contributed by atoms with E-state index in [4.69, 9.17) is 18.9 Å². The van der Waals surface area contributed by atoms with Crippen molar-refractivity contribution >= 4 is 17.9 Å². The van der Waals surface area contributed by atoms with Crippen molar-refractivity contribution in [2.24, 2.45) is 0 Å². The number of nitrogens with zero attached hydrogens (tertiary/aromatic N) is 3. The number of rotatable bonds is 8. The van der Waals surface area contributed by atoms with Gasteiger partial charge in [0.25, 0.3) is 0 Å². The molecule has 0 radical (unpaired) electrons. The van der Waals surface area contributed by atoms with Gasteiger partial charge in [-0.15, -0.1) is 0 Å². The highest BCUT2D eigenvalue weighted by molar-refractivity contribution is 5.91. The largest absolute Gasteiger partial charge is 0.459 e. The molecule has 2 heterocycles. The molecule has 41 heavy (non-hydrogen) atoms. The quantitative estimate of drug-likeness (QED) is 0.236. The third-order valence-electron chi connectivity index (χ3n) is 6.30. The van der Waals surface area contributed by atoms with Crippen LogP contribution in [0.3, 0.4) is 0 Å². The van der Waals surface area contributed by atoms with Crippen LogP contribution in [0.5, 0.6) is 0 Å². The van der Waals surface area contributed by atoms with E-state index >= 15 is 0 Å². The molecule has 0 aliphatic carbocycles. The highest BCUT2D eigenvalue weighted by atomic mass is 16.7. The second kappa shape index (κ2) is 12.3. The molecule has 0 amide bonds. The van der Waals surface area contributed by atoms with Gasteiger partial charge in [0, 0.05) is 0 Å². The highest BCUT2D eigenvalue weighted by Crippen LogP contribution is 2.34. The van der Waals surface area contributed by atoms with Crippen molar-refractivity contribution in [3.05, 3.63) is 130 Å². The molecule has 4 aromatic rings. The lowest BCUT2D eigenvalue weighted by Crippen LogP contribution is -2.42. The molecule has 0 spiro atoms. The Kier molecular flexibility index (Phi) is 8.26. The van der Waals surface area contributed by atoms with Gasteiger partial charge in [-0.1, -0.05) is 54.6 Å². The molecule has 1 unspecified atom stereocenters. The first-order valence-electron chi connectivity index (χ1n) is 12.7. The molecule has 1 aliphatic heterocycles. The lowest BCUT2D eigenvalue weighted by Gasteiger charge is -2.24. The summed E-state index contributed by atoms with van der Waals surface area (Å²) in [6.07, 6.45) is -3.84. The minimum Gasteiger partial charge on any atom is -0.459 e. The molecule has 0 bridgehead atoms. The lowest BCUT2D eigenvalue weighted by molar-refractivity contribution is -0.0644. The lowest BCUT2D eigenvalue weighted by atomic mass is 10.1. The standard InChI is InChI=1S/C30H25N3O8/c1-19-31-18-33(30(37)32-19)26-25(41-29(36)22-15-9-4-10-16-22)24(40-28(35)21-13-7-3-8-14-21)23(39-26)17-38-27(34)20-11-5-2-6-12-20/h2-16,18,23-26H,17H2,1H3/t23-,24+,25?,26-/m1/s1. The number of carbonyl (C=O) groups excluding carboxylic acids is 3. The van der Waals surface area contributed by atoms with Crippen LogP contribution in [0.2, 0.25) is 0 Å². The Morgan fingerprint density at radius 1 is 0.756 bits per heavy atom. The number of hydrogen-bond acceptors (Lipinski definition) is 10. The molecule has 11 nitrogen and oxygen atoms in total. The van der Waals surface area contributed by atoms with E-state index in [0.717, 1.165) is 4.57 Å². The van der Waals surface area contributed by atoms with Crippen LogP contribution in [-0.4, -0.2) is 57.4 Å². The molecule has 1 saturated heterocycles. The average Bonchev–Trinajstić information content (AvgIpc) is 3.33. The second-order valence-corrected chi connectivity index (χ2v) is 9.09. The predicted molar refractivity (Wildman–Crippen MR) is 143 cm³/mol. The van der Waals surface area contributed by atoms with Gasteiger partial charge in [0.05, 0.1) is 16.7 Å². The summed E-state index contributed by atoms with van der Waals surface area (Å²) in [7, 11) is 0. The first-order chi connectivity index (χ1) is 19.9. The van der Waals surface area contributed by atoms with Crippen molar-refractivity contribution in [3.63, 3.8) is 0 Å². The Labute approximate surface area is 234 Å². The predicted octanol–water partition coefficient (Wildman–Crippen LogP) is 3.15. The maximum Gasteiger partial charge on any atom is 0.352 e. The zero-order chi connectivity index (χ0) is 28.8. The average molecular weight is 556 g/mol. The topological polar surface area (TPSA) is 136 Å². The van der Waals surface area contributed by atoms with Crippen molar-refractivity contribution in [1.82, 2.24) is 14.5 Å². The van der Waals surface area contributed by atoms with Gasteiger partial charge in [-0.25, -0.2) is 24.2 Å². The molecule has 1 aliphatic rings. The van der Waals surface area contributed by atoms with E-state index in [1.807, 2.05) is 0 Å². The van der Waals surface area contributed by atoms with Gasteiger partial charge in [-0.2, -0.15) is 4.98 Å². The van der Waals surface area contributed by atoms with E-state index < -0.39 is 48.1 Å². The number of carbonyl (C=O) groups is 3. The van der Waals surface area contributed by atoms with Crippen molar-refractivity contribution in [2.45, 2.75) is 31.5 Å². The van der Waals surface area contributed by atoms with Crippen molar-refractivity contribution in [3.8, 4) is 0 Å². The fraction of sp³-hybridized carbons (Fsp3) is 0.200. The molecule has 208 valence electrons. The van der Waals surface area contributed by atoms with Crippen LogP contribution < -0.4 is 5.69 Å². The highest BCUT2D eigenvalue weighted by Gasteiger charge is 2.51. The van der Waals surface area contributed by atoms with Crippen LogP contribution in [0.1, 0.15) is 43.1 Å². The van der Waals surface area contributed by atoms with E-state index in [1.54, 1.807) is 97.9 Å². The molecule has 1 fully saturated rings. The number of aryl methyl sites for hydroxylation is 1. The third-order valence-corrected chi connectivity index (χ3v) is 6.30. The summed E-state index contributed by atoms with van der Waals surface area (Å²) in [6, 6.07) is 24.7. The maximum atomic E-state index is 13.2. The molecule has 3 aromatic carbocycles. The van der Waals surface area contributed by atoms with Crippen LogP contribution in [0.15, 0.2) is 102 Å². The molecule has 4 atom stereocenters. The summed E-state index contributed by atoms with van der Waals surface area (Å²) in [4.78, 5) is 59.7. The third kappa shape index (κ3) is 6.36. The molecule has 1 aromatic heterocycles. The Morgan fingerprint density at radius 2 is 1.24 bits per heavy atom. The van der Waals surface area contributed by atoms with Gasteiger partial charge in [0.1, 0.15) is 24.9 Å². The number of benzene rings is 3. The van der Waals surface area contributed by atoms with Gasteiger partial charge in [0.2, 0.25) is 0 Å². The van der Waals surface area contributed by atoms with E-state index in [9.17, 15) is 19.2 Å². The van der Waals surface area contributed by atoms with Crippen molar-refractivity contribution in [2.75, 3.05) is 6.61 Å². The van der Waals surface area contributed by atoms with E-state index in [-0.39, 0.29) is 23.6 Å². The Morgan fingerprint density at radius 3 is 1.76 bits per heavy atom. The molecule has 0 N–H and O–H groups in total. The summed E-state index contributed by atoms with van der Waals surface area (Å²) < 4.78 is 24.3. The fourth-order valence-electron chi connectivity index (χ4n) is 4.28. The zero-order valence-corrected chi connectivity index (χ0v) is 21.9. The summed E-state index contributed by atoms with van der Waals surface area (Å²) in [5.74, 6) is -1.89. The smallest absolute Gasteiger partial charge is 0.352 e.